The highest BCUT2D eigenvalue weighted by Crippen LogP contribution is 2.26. The molecule has 1 aromatic carbocycles. The van der Waals surface area contributed by atoms with E-state index in [1.165, 1.54) is 0 Å². The fourth-order valence-corrected chi connectivity index (χ4v) is 2.42. The molecule has 1 amide bonds. The second kappa shape index (κ2) is 7.05. The molecule has 0 fully saturated rings. The molecule has 0 heterocycles. The van der Waals surface area contributed by atoms with Gasteiger partial charge >= 0.3 is 5.97 Å². The van der Waals surface area contributed by atoms with Crippen molar-refractivity contribution in [2.75, 3.05) is 6.61 Å². The molecular formula is C15H21NO4. The molecule has 0 aliphatic heterocycles. The number of hydrogen-bond acceptors (Lipinski definition) is 4. The van der Waals surface area contributed by atoms with Crippen molar-refractivity contribution < 1.29 is 19.4 Å². The van der Waals surface area contributed by atoms with Gasteiger partial charge in [0, 0.05) is 0 Å². The number of aryl methyl sites for hydroxylation is 3. The number of carbonyl (C=O) groups excluding carboxylic acids is 2. The van der Waals surface area contributed by atoms with Gasteiger partial charge in [-0.25, -0.2) is 4.79 Å². The molecule has 2 N–H and O–H groups in total. The van der Waals surface area contributed by atoms with Crippen LogP contribution in [0.5, 0.6) is 0 Å². The van der Waals surface area contributed by atoms with Crippen LogP contribution in [0.1, 0.15) is 35.3 Å². The third kappa shape index (κ3) is 3.57. The maximum absolute atomic E-state index is 11.8. The van der Waals surface area contributed by atoms with E-state index < -0.39 is 18.1 Å². The molecule has 0 spiro atoms. The Labute approximate surface area is 118 Å². The van der Waals surface area contributed by atoms with Gasteiger partial charge in [-0.15, -0.1) is 0 Å². The van der Waals surface area contributed by atoms with Crippen molar-refractivity contribution in [3.05, 3.63) is 34.4 Å². The largest absolute Gasteiger partial charge is 0.464 e. The molecule has 5 nitrogen and oxygen atoms in total. The van der Waals surface area contributed by atoms with Crippen LogP contribution in [0.3, 0.4) is 0 Å². The van der Waals surface area contributed by atoms with Crippen LogP contribution in [0.2, 0.25) is 0 Å². The summed E-state index contributed by atoms with van der Waals surface area (Å²) in [6.45, 7) is 7.55. The van der Waals surface area contributed by atoms with Crippen molar-refractivity contribution >= 4 is 12.4 Å². The van der Waals surface area contributed by atoms with Crippen LogP contribution in [0, 0.1) is 20.8 Å². The van der Waals surface area contributed by atoms with Crippen LogP contribution >= 0.6 is 0 Å². The van der Waals surface area contributed by atoms with Gasteiger partial charge in [0.15, 0.2) is 6.04 Å². The van der Waals surface area contributed by atoms with Crippen LogP contribution in [-0.4, -0.2) is 30.1 Å². The fourth-order valence-electron chi connectivity index (χ4n) is 2.42. The molecule has 0 saturated carbocycles. The highest BCUT2D eigenvalue weighted by molar-refractivity contribution is 5.79. The van der Waals surface area contributed by atoms with Gasteiger partial charge in [-0.05, 0) is 44.4 Å². The van der Waals surface area contributed by atoms with Crippen molar-refractivity contribution in [1.29, 1.82) is 0 Å². The first-order valence-corrected chi connectivity index (χ1v) is 6.54. The maximum Gasteiger partial charge on any atom is 0.331 e. The predicted octanol–water partition coefficient (Wildman–Crippen LogP) is 1.32. The molecule has 1 rings (SSSR count). The molecule has 0 aromatic heterocycles. The van der Waals surface area contributed by atoms with Crippen molar-refractivity contribution in [3.63, 3.8) is 0 Å². The van der Waals surface area contributed by atoms with Crippen molar-refractivity contribution in [3.8, 4) is 0 Å². The molecular weight excluding hydrogens is 258 g/mol. The van der Waals surface area contributed by atoms with Crippen LogP contribution in [0.25, 0.3) is 0 Å². The average molecular weight is 279 g/mol. The van der Waals surface area contributed by atoms with E-state index >= 15 is 0 Å². The Hall–Kier alpha value is -1.88. The minimum absolute atomic E-state index is 0.189. The van der Waals surface area contributed by atoms with E-state index in [0.717, 1.165) is 16.7 Å². The Balaban J connectivity index is 3.15. The minimum atomic E-state index is -1.14. The Morgan fingerprint density at radius 2 is 1.90 bits per heavy atom. The number of ether oxygens (including phenoxy) is 1. The quantitative estimate of drug-likeness (QED) is 0.608. The lowest BCUT2D eigenvalue weighted by molar-refractivity contribution is -0.149. The van der Waals surface area contributed by atoms with Gasteiger partial charge in [-0.2, -0.15) is 0 Å². The second-order valence-electron chi connectivity index (χ2n) is 4.77. The topological polar surface area (TPSA) is 75.6 Å². The molecule has 2 atom stereocenters. The number of aliphatic hydroxyl groups excluding tert-OH is 1. The SMILES string of the molecule is CCOC(=O)C(NC=O)C(O)c1c(C)cc(C)cc1C. The molecule has 110 valence electrons. The van der Waals surface area contributed by atoms with Gasteiger partial charge in [-0.1, -0.05) is 17.7 Å². The molecule has 20 heavy (non-hydrogen) atoms. The Morgan fingerprint density at radius 1 is 1.35 bits per heavy atom. The van der Waals surface area contributed by atoms with Crippen molar-refractivity contribution in [1.82, 2.24) is 5.32 Å². The first kappa shape index (κ1) is 16.2. The van der Waals surface area contributed by atoms with E-state index in [0.29, 0.717) is 12.0 Å². The third-order valence-corrected chi connectivity index (χ3v) is 3.14. The maximum atomic E-state index is 11.8. The van der Waals surface area contributed by atoms with Crippen molar-refractivity contribution in [2.24, 2.45) is 0 Å². The van der Waals surface area contributed by atoms with E-state index in [2.05, 4.69) is 5.32 Å². The second-order valence-corrected chi connectivity index (χ2v) is 4.77. The number of amides is 1. The molecule has 0 bridgehead atoms. The van der Waals surface area contributed by atoms with Crippen LogP contribution in [0.15, 0.2) is 12.1 Å². The summed E-state index contributed by atoms with van der Waals surface area (Å²) in [6.07, 6.45) is -0.747. The molecule has 5 heteroatoms. The first-order chi connectivity index (χ1) is 9.42. The number of carbonyl (C=O) groups is 2. The number of esters is 1. The monoisotopic (exact) mass is 279 g/mol. The van der Waals surface area contributed by atoms with Crippen molar-refractivity contribution in [2.45, 2.75) is 39.8 Å². The van der Waals surface area contributed by atoms with E-state index in [9.17, 15) is 14.7 Å². The molecule has 0 aliphatic rings. The predicted molar refractivity (Wildman–Crippen MR) is 75.2 cm³/mol. The zero-order valence-electron chi connectivity index (χ0n) is 12.3. The summed E-state index contributed by atoms with van der Waals surface area (Å²) in [6, 6.07) is 2.75. The molecule has 1 aromatic rings. The van der Waals surface area contributed by atoms with E-state index in [1.807, 2.05) is 32.9 Å². The van der Waals surface area contributed by atoms with Gasteiger partial charge in [0.05, 0.1) is 6.61 Å². The highest BCUT2D eigenvalue weighted by Gasteiger charge is 2.30. The van der Waals surface area contributed by atoms with Gasteiger partial charge < -0.3 is 15.2 Å². The lowest BCUT2D eigenvalue weighted by Crippen LogP contribution is -2.42. The third-order valence-electron chi connectivity index (χ3n) is 3.14. The summed E-state index contributed by atoms with van der Waals surface area (Å²) < 4.78 is 4.88. The smallest absolute Gasteiger partial charge is 0.331 e. The highest BCUT2D eigenvalue weighted by atomic mass is 16.5. The number of nitrogens with one attached hydrogen (secondary N) is 1. The molecule has 2 unspecified atom stereocenters. The summed E-state index contributed by atoms with van der Waals surface area (Å²) in [7, 11) is 0. The standard InChI is InChI=1S/C15H21NO4/c1-5-20-15(19)13(16-8-17)14(18)12-10(3)6-9(2)7-11(12)4/h6-8,13-14,18H,5H2,1-4H3,(H,16,17). The lowest BCUT2D eigenvalue weighted by Gasteiger charge is -2.24. The molecule has 0 aliphatic carbocycles. The molecule has 0 radical (unpaired) electrons. The first-order valence-electron chi connectivity index (χ1n) is 6.54. The Bertz CT molecular complexity index is 476. The van der Waals surface area contributed by atoms with Crippen LogP contribution in [-0.2, 0) is 14.3 Å². The lowest BCUT2D eigenvalue weighted by atomic mass is 9.92. The van der Waals surface area contributed by atoms with E-state index in [1.54, 1.807) is 6.92 Å². The Kier molecular flexibility index (Phi) is 5.70. The van der Waals surface area contributed by atoms with Crippen LogP contribution in [0.4, 0.5) is 0 Å². The fraction of sp³-hybridized carbons (Fsp3) is 0.467. The average Bonchev–Trinajstić information content (AvgIpc) is 2.34. The number of aliphatic hydroxyl groups is 1. The zero-order chi connectivity index (χ0) is 15.3. The van der Waals surface area contributed by atoms with E-state index in [4.69, 9.17) is 4.74 Å². The van der Waals surface area contributed by atoms with Gasteiger partial charge in [0.1, 0.15) is 6.10 Å². The number of benzene rings is 1. The Morgan fingerprint density at radius 3 is 2.35 bits per heavy atom. The van der Waals surface area contributed by atoms with Gasteiger partial charge in [0.25, 0.3) is 0 Å². The number of rotatable bonds is 6. The summed E-state index contributed by atoms with van der Waals surface area (Å²) in [5, 5.41) is 12.8. The summed E-state index contributed by atoms with van der Waals surface area (Å²) in [4.78, 5) is 22.5. The summed E-state index contributed by atoms with van der Waals surface area (Å²) >= 11 is 0. The zero-order valence-corrected chi connectivity index (χ0v) is 12.3. The van der Waals surface area contributed by atoms with Gasteiger partial charge in [-0.3, -0.25) is 4.79 Å². The minimum Gasteiger partial charge on any atom is -0.464 e. The van der Waals surface area contributed by atoms with Gasteiger partial charge in [0.2, 0.25) is 6.41 Å². The summed E-state index contributed by atoms with van der Waals surface area (Å²) in [5.74, 6) is -0.647. The summed E-state index contributed by atoms with van der Waals surface area (Å²) in [5.41, 5.74) is 3.46. The van der Waals surface area contributed by atoms with E-state index in [-0.39, 0.29) is 6.61 Å². The number of hydrogen-bond donors (Lipinski definition) is 2. The normalized spacial score (nSPS) is 13.4. The van der Waals surface area contributed by atoms with Crippen LogP contribution < -0.4 is 5.32 Å². The molecule has 0 saturated heterocycles.